The zero-order valence-corrected chi connectivity index (χ0v) is 12.9. The van der Waals surface area contributed by atoms with E-state index in [2.05, 4.69) is 49.9 Å². The van der Waals surface area contributed by atoms with Crippen molar-refractivity contribution < 1.29 is 0 Å². The minimum Gasteiger partial charge on any atom is -0.388 e. The van der Waals surface area contributed by atoms with E-state index in [1.165, 1.54) is 24.0 Å². The Morgan fingerprint density at radius 2 is 1.85 bits per heavy atom. The van der Waals surface area contributed by atoms with E-state index < -0.39 is 0 Å². The normalized spacial score (nSPS) is 15.6. The Kier molecular flexibility index (Phi) is 4.48. The molecule has 1 fully saturated rings. The van der Waals surface area contributed by atoms with Crippen molar-refractivity contribution in [1.29, 1.82) is 5.41 Å². The van der Waals surface area contributed by atoms with Gasteiger partial charge in [0.25, 0.3) is 0 Å². The molecule has 1 aliphatic rings. The van der Waals surface area contributed by atoms with Crippen LogP contribution in [0.1, 0.15) is 51.2 Å². The van der Waals surface area contributed by atoms with E-state index in [1.54, 1.807) is 0 Å². The molecule has 0 atom stereocenters. The predicted molar refractivity (Wildman–Crippen MR) is 85.1 cm³/mol. The van der Waals surface area contributed by atoms with Gasteiger partial charge in [-0.2, -0.15) is 0 Å². The van der Waals surface area contributed by atoms with Crippen LogP contribution in [0.3, 0.4) is 0 Å². The van der Waals surface area contributed by atoms with Crippen molar-refractivity contribution in [3.05, 3.63) is 35.4 Å². The topological polar surface area (TPSA) is 53.1 Å². The zero-order valence-electron chi connectivity index (χ0n) is 12.9. The fourth-order valence-corrected chi connectivity index (χ4v) is 2.44. The van der Waals surface area contributed by atoms with Gasteiger partial charge in [-0.15, -0.1) is 0 Å². The molecule has 20 heavy (non-hydrogen) atoms. The molecule has 0 spiro atoms. The summed E-state index contributed by atoms with van der Waals surface area (Å²) in [6.45, 7) is 8.60. The van der Waals surface area contributed by atoms with E-state index in [4.69, 9.17) is 11.1 Å². The summed E-state index contributed by atoms with van der Waals surface area (Å²) in [4.78, 5) is 2.47. The second-order valence-corrected chi connectivity index (χ2v) is 6.92. The Balaban J connectivity index is 1.98. The van der Waals surface area contributed by atoms with E-state index in [0.29, 0.717) is 18.3 Å². The van der Waals surface area contributed by atoms with Gasteiger partial charge in [-0.1, -0.05) is 45.0 Å². The summed E-state index contributed by atoms with van der Waals surface area (Å²) in [5.41, 5.74) is 8.42. The molecule has 0 bridgehead atoms. The summed E-state index contributed by atoms with van der Waals surface area (Å²) in [7, 11) is 0. The van der Waals surface area contributed by atoms with Crippen LogP contribution in [0.25, 0.3) is 0 Å². The molecule has 110 valence electrons. The quantitative estimate of drug-likeness (QED) is 0.617. The largest absolute Gasteiger partial charge is 0.388 e. The number of nitrogens with zero attached hydrogens (tertiary/aromatic N) is 1. The van der Waals surface area contributed by atoms with Crippen molar-refractivity contribution >= 4 is 5.84 Å². The van der Waals surface area contributed by atoms with Gasteiger partial charge in [-0.25, -0.2) is 0 Å². The number of hydrogen-bond donors (Lipinski definition) is 2. The molecule has 0 unspecified atom stereocenters. The first kappa shape index (κ1) is 15.0. The molecule has 1 aromatic carbocycles. The standard InChI is InChI=1S/C17H27N3/c1-17(2,3)14-6-4-13(5-7-14)12-20(15-8-9-15)11-10-16(18)19/h4-7,15H,8-12H2,1-3H3,(H3,18,19). The van der Waals surface area contributed by atoms with Crippen molar-refractivity contribution in [2.24, 2.45) is 5.73 Å². The van der Waals surface area contributed by atoms with Crippen LogP contribution in [0, 0.1) is 5.41 Å². The van der Waals surface area contributed by atoms with Gasteiger partial charge in [-0.05, 0) is 29.4 Å². The fourth-order valence-electron chi connectivity index (χ4n) is 2.44. The smallest absolute Gasteiger partial charge is 0.0918 e. The number of nitrogens with one attached hydrogen (secondary N) is 1. The Labute approximate surface area is 122 Å². The Morgan fingerprint density at radius 1 is 1.25 bits per heavy atom. The third kappa shape index (κ3) is 4.34. The maximum Gasteiger partial charge on any atom is 0.0918 e. The van der Waals surface area contributed by atoms with Crippen LogP contribution in [0.2, 0.25) is 0 Å². The second-order valence-electron chi connectivity index (χ2n) is 6.92. The van der Waals surface area contributed by atoms with Gasteiger partial charge in [0.1, 0.15) is 0 Å². The highest BCUT2D eigenvalue weighted by Gasteiger charge is 2.28. The number of hydrogen-bond acceptors (Lipinski definition) is 2. The van der Waals surface area contributed by atoms with Gasteiger partial charge in [-0.3, -0.25) is 10.3 Å². The van der Waals surface area contributed by atoms with Gasteiger partial charge in [0, 0.05) is 25.6 Å². The molecular formula is C17H27N3. The minimum atomic E-state index is 0.212. The first-order valence-corrected chi connectivity index (χ1v) is 7.52. The van der Waals surface area contributed by atoms with Crippen LogP contribution < -0.4 is 5.73 Å². The highest BCUT2D eigenvalue weighted by Crippen LogP contribution is 2.29. The van der Waals surface area contributed by atoms with E-state index >= 15 is 0 Å². The van der Waals surface area contributed by atoms with E-state index in [1.807, 2.05) is 0 Å². The highest BCUT2D eigenvalue weighted by atomic mass is 15.2. The van der Waals surface area contributed by atoms with E-state index in [-0.39, 0.29) is 5.41 Å². The molecule has 0 aromatic heterocycles. The molecule has 0 saturated heterocycles. The summed E-state index contributed by atoms with van der Waals surface area (Å²) in [6.07, 6.45) is 3.26. The number of rotatable bonds is 6. The average Bonchev–Trinajstić information content (AvgIpc) is 3.18. The van der Waals surface area contributed by atoms with E-state index in [0.717, 1.165) is 13.1 Å². The number of amidine groups is 1. The molecular weight excluding hydrogens is 246 g/mol. The lowest BCUT2D eigenvalue weighted by atomic mass is 9.87. The summed E-state index contributed by atoms with van der Waals surface area (Å²) >= 11 is 0. The van der Waals surface area contributed by atoms with Crippen LogP contribution >= 0.6 is 0 Å². The summed E-state index contributed by atoms with van der Waals surface area (Å²) in [5.74, 6) is 0.290. The third-order valence-corrected chi connectivity index (χ3v) is 3.94. The van der Waals surface area contributed by atoms with Crippen molar-refractivity contribution in [3.63, 3.8) is 0 Å². The molecule has 0 aliphatic heterocycles. The molecule has 3 N–H and O–H groups in total. The molecule has 3 nitrogen and oxygen atoms in total. The molecule has 0 heterocycles. The predicted octanol–water partition coefficient (Wildman–Crippen LogP) is 3.27. The fraction of sp³-hybridized carbons (Fsp3) is 0.588. The zero-order chi connectivity index (χ0) is 14.8. The lowest BCUT2D eigenvalue weighted by Gasteiger charge is -2.23. The third-order valence-electron chi connectivity index (χ3n) is 3.94. The summed E-state index contributed by atoms with van der Waals surface area (Å²) in [6, 6.07) is 9.67. The first-order valence-electron chi connectivity index (χ1n) is 7.52. The van der Waals surface area contributed by atoms with Gasteiger partial charge >= 0.3 is 0 Å². The molecule has 1 aliphatic carbocycles. The Hall–Kier alpha value is -1.35. The summed E-state index contributed by atoms with van der Waals surface area (Å²) < 4.78 is 0. The molecule has 2 rings (SSSR count). The highest BCUT2D eigenvalue weighted by molar-refractivity contribution is 5.76. The van der Waals surface area contributed by atoms with Crippen molar-refractivity contribution in [2.45, 2.75) is 58.0 Å². The van der Waals surface area contributed by atoms with Crippen molar-refractivity contribution in [2.75, 3.05) is 6.54 Å². The number of nitrogens with two attached hydrogens (primary N) is 1. The summed E-state index contributed by atoms with van der Waals surface area (Å²) in [5, 5.41) is 7.38. The number of benzene rings is 1. The molecule has 0 radical (unpaired) electrons. The van der Waals surface area contributed by atoms with Crippen molar-refractivity contribution in [1.82, 2.24) is 4.90 Å². The van der Waals surface area contributed by atoms with Gasteiger partial charge < -0.3 is 5.73 Å². The van der Waals surface area contributed by atoms with Crippen LogP contribution in [0.15, 0.2) is 24.3 Å². The van der Waals surface area contributed by atoms with Crippen LogP contribution in [0.5, 0.6) is 0 Å². The van der Waals surface area contributed by atoms with Crippen molar-refractivity contribution in [3.8, 4) is 0 Å². The van der Waals surface area contributed by atoms with Crippen LogP contribution in [0.4, 0.5) is 0 Å². The maximum absolute atomic E-state index is 7.38. The average molecular weight is 273 g/mol. The Bertz CT molecular complexity index is 452. The van der Waals surface area contributed by atoms with Crippen LogP contribution in [-0.2, 0) is 12.0 Å². The van der Waals surface area contributed by atoms with E-state index in [9.17, 15) is 0 Å². The second kappa shape index (κ2) is 5.96. The maximum atomic E-state index is 7.38. The first-order chi connectivity index (χ1) is 9.36. The lowest BCUT2D eigenvalue weighted by molar-refractivity contribution is 0.262. The van der Waals surface area contributed by atoms with Crippen LogP contribution in [-0.4, -0.2) is 23.3 Å². The monoisotopic (exact) mass is 273 g/mol. The molecule has 1 aromatic rings. The van der Waals surface area contributed by atoms with Gasteiger partial charge in [0.15, 0.2) is 0 Å². The van der Waals surface area contributed by atoms with Gasteiger partial charge in [0.05, 0.1) is 5.84 Å². The molecule has 1 saturated carbocycles. The molecule has 0 amide bonds. The molecule has 3 heteroatoms. The van der Waals surface area contributed by atoms with Gasteiger partial charge in [0.2, 0.25) is 0 Å². The lowest BCUT2D eigenvalue weighted by Crippen LogP contribution is -2.29. The minimum absolute atomic E-state index is 0.212. The SMILES string of the molecule is CC(C)(C)c1ccc(CN(CCC(=N)N)C2CC2)cc1. The Morgan fingerprint density at radius 3 is 2.30 bits per heavy atom.